The summed E-state index contributed by atoms with van der Waals surface area (Å²) >= 11 is 0. The molecule has 1 fully saturated rings. The highest BCUT2D eigenvalue weighted by molar-refractivity contribution is 5.14. The number of nitrogens with zero attached hydrogens (tertiary/aromatic N) is 1. The molecule has 1 aromatic carbocycles. The number of hydrogen-bond donors (Lipinski definition) is 1. The molecule has 2 rings (SSSR count). The zero-order valence-corrected chi connectivity index (χ0v) is 12.7. The Morgan fingerprint density at radius 2 is 1.68 bits per heavy atom. The van der Waals surface area contributed by atoms with Gasteiger partial charge in [-0.15, -0.1) is 0 Å². The molecule has 1 heterocycles. The number of piperidine rings is 1. The van der Waals surface area contributed by atoms with Gasteiger partial charge in [0.05, 0.1) is 5.60 Å². The van der Waals surface area contributed by atoms with Gasteiger partial charge >= 0.3 is 0 Å². The van der Waals surface area contributed by atoms with Crippen LogP contribution in [0.25, 0.3) is 0 Å². The minimum Gasteiger partial charge on any atom is -0.390 e. The van der Waals surface area contributed by atoms with Crippen molar-refractivity contribution in [2.75, 3.05) is 20.1 Å². The molecule has 0 saturated carbocycles. The molecule has 19 heavy (non-hydrogen) atoms. The molecule has 1 aromatic rings. The van der Waals surface area contributed by atoms with Crippen molar-refractivity contribution in [2.24, 2.45) is 0 Å². The summed E-state index contributed by atoms with van der Waals surface area (Å²) in [6.07, 6.45) is 4.97. The van der Waals surface area contributed by atoms with Gasteiger partial charge in [-0.25, -0.2) is 0 Å². The van der Waals surface area contributed by atoms with Gasteiger partial charge in [-0.2, -0.15) is 0 Å². The van der Waals surface area contributed by atoms with E-state index in [1.807, 2.05) is 19.9 Å². The van der Waals surface area contributed by atoms with E-state index in [-0.39, 0.29) is 0 Å². The van der Waals surface area contributed by atoms with Gasteiger partial charge in [0.15, 0.2) is 0 Å². The van der Waals surface area contributed by atoms with Gasteiger partial charge in [0.1, 0.15) is 0 Å². The van der Waals surface area contributed by atoms with E-state index in [1.54, 1.807) is 0 Å². The van der Waals surface area contributed by atoms with Gasteiger partial charge in [0.25, 0.3) is 0 Å². The Balaban J connectivity index is 0.000000861. The standard InChI is InChI=1S/C15H23NO.C2H6/c1-16-12-10-15(17,11-13-16)9-5-8-14-6-3-2-4-7-14;1-2/h2-4,6-7,17H,5,8-13H2,1H3;1-2H3. The van der Waals surface area contributed by atoms with Crippen LogP contribution in [0.2, 0.25) is 0 Å². The molecule has 1 aliphatic rings. The second-order valence-corrected chi connectivity index (χ2v) is 5.37. The Bertz CT molecular complexity index is 328. The Labute approximate surface area is 118 Å². The van der Waals surface area contributed by atoms with Crippen molar-refractivity contribution < 1.29 is 5.11 Å². The maximum absolute atomic E-state index is 10.4. The monoisotopic (exact) mass is 263 g/mol. The first kappa shape index (κ1) is 16.2. The Hall–Kier alpha value is -0.860. The van der Waals surface area contributed by atoms with Crippen molar-refractivity contribution in [2.45, 2.75) is 51.6 Å². The molecule has 0 amide bonds. The summed E-state index contributed by atoms with van der Waals surface area (Å²) in [6, 6.07) is 10.5. The number of aryl methyl sites for hydroxylation is 1. The number of hydrogen-bond acceptors (Lipinski definition) is 2. The molecule has 2 nitrogen and oxygen atoms in total. The van der Waals surface area contributed by atoms with Crippen molar-refractivity contribution in [1.29, 1.82) is 0 Å². The van der Waals surface area contributed by atoms with Crippen LogP contribution in [0.4, 0.5) is 0 Å². The SMILES string of the molecule is CC.CN1CCC(O)(CCCc2ccccc2)CC1. The fourth-order valence-corrected chi connectivity index (χ4v) is 2.55. The Kier molecular flexibility index (Phi) is 7.11. The molecule has 0 spiro atoms. The predicted molar refractivity (Wildman–Crippen MR) is 82.4 cm³/mol. The highest BCUT2D eigenvalue weighted by Crippen LogP contribution is 2.26. The van der Waals surface area contributed by atoms with Crippen molar-refractivity contribution in [3.8, 4) is 0 Å². The van der Waals surface area contributed by atoms with Gasteiger partial charge in [-0.05, 0) is 44.7 Å². The van der Waals surface area contributed by atoms with E-state index in [0.717, 1.165) is 45.2 Å². The van der Waals surface area contributed by atoms with Crippen LogP contribution in [0.1, 0.15) is 45.1 Å². The average molecular weight is 263 g/mol. The molecule has 0 radical (unpaired) electrons. The first-order valence-electron chi connectivity index (χ1n) is 7.63. The summed E-state index contributed by atoms with van der Waals surface area (Å²) in [5.41, 5.74) is 0.977. The predicted octanol–water partition coefficient (Wildman–Crippen LogP) is 3.49. The van der Waals surface area contributed by atoms with Crippen LogP contribution >= 0.6 is 0 Å². The Morgan fingerprint density at radius 3 is 2.26 bits per heavy atom. The summed E-state index contributed by atoms with van der Waals surface area (Å²) in [5.74, 6) is 0. The van der Waals surface area contributed by atoms with Crippen LogP contribution in [0.15, 0.2) is 30.3 Å². The third-order valence-corrected chi connectivity index (χ3v) is 3.87. The largest absolute Gasteiger partial charge is 0.390 e. The van der Waals surface area contributed by atoms with Crippen LogP contribution in [-0.2, 0) is 6.42 Å². The lowest BCUT2D eigenvalue weighted by Crippen LogP contribution is -2.42. The highest BCUT2D eigenvalue weighted by atomic mass is 16.3. The highest BCUT2D eigenvalue weighted by Gasteiger charge is 2.30. The molecule has 0 bridgehead atoms. The third-order valence-electron chi connectivity index (χ3n) is 3.87. The minimum absolute atomic E-state index is 0.401. The lowest BCUT2D eigenvalue weighted by atomic mass is 9.86. The lowest BCUT2D eigenvalue weighted by Gasteiger charge is -2.36. The number of rotatable bonds is 4. The third kappa shape index (κ3) is 5.75. The first-order valence-corrected chi connectivity index (χ1v) is 7.63. The zero-order chi connectivity index (χ0) is 14.1. The van der Waals surface area contributed by atoms with Gasteiger partial charge in [-0.1, -0.05) is 44.2 Å². The fraction of sp³-hybridized carbons (Fsp3) is 0.647. The number of aliphatic hydroxyl groups is 1. The van der Waals surface area contributed by atoms with Gasteiger partial charge in [-0.3, -0.25) is 0 Å². The van der Waals surface area contributed by atoms with Crippen molar-refractivity contribution in [1.82, 2.24) is 4.90 Å². The van der Waals surface area contributed by atoms with Crippen LogP contribution in [0.5, 0.6) is 0 Å². The van der Waals surface area contributed by atoms with Crippen LogP contribution in [0, 0.1) is 0 Å². The molecule has 108 valence electrons. The van der Waals surface area contributed by atoms with E-state index < -0.39 is 5.60 Å². The summed E-state index contributed by atoms with van der Waals surface area (Å²) in [7, 11) is 2.13. The number of likely N-dealkylation sites (tertiary alicyclic amines) is 1. The van der Waals surface area contributed by atoms with Crippen LogP contribution in [0.3, 0.4) is 0 Å². The molecule has 2 heteroatoms. The van der Waals surface area contributed by atoms with Gasteiger partial charge < -0.3 is 10.0 Å². The lowest BCUT2D eigenvalue weighted by molar-refractivity contribution is -0.0236. The van der Waals surface area contributed by atoms with Crippen LogP contribution < -0.4 is 0 Å². The van der Waals surface area contributed by atoms with E-state index in [1.165, 1.54) is 5.56 Å². The quantitative estimate of drug-likeness (QED) is 0.899. The molecule has 1 aliphatic heterocycles. The second-order valence-electron chi connectivity index (χ2n) is 5.37. The molecule has 0 aromatic heterocycles. The topological polar surface area (TPSA) is 23.5 Å². The smallest absolute Gasteiger partial charge is 0.0672 e. The Morgan fingerprint density at radius 1 is 1.11 bits per heavy atom. The van der Waals surface area contributed by atoms with E-state index in [0.29, 0.717) is 0 Å². The average Bonchev–Trinajstić information content (AvgIpc) is 2.46. The van der Waals surface area contributed by atoms with Gasteiger partial charge in [0.2, 0.25) is 0 Å². The van der Waals surface area contributed by atoms with Crippen molar-refractivity contribution in [3.63, 3.8) is 0 Å². The zero-order valence-electron chi connectivity index (χ0n) is 12.7. The molecule has 0 unspecified atom stereocenters. The van der Waals surface area contributed by atoms with Crippen LogP contribution in [-0.4, -0.2) is 35.7 Å². The summed E-state index contributed by atoms with van der Waals surface area (Å²) in [5, 5.41) is 10.4. The summed E-state index contributed by atoms with van der Waals surface area (Å²) < 4.78 is 0. The second kappa shape index (κ2) is 8.34. The number of benzene rings is 1. The fourth-order valence-electron chi connectivity index (χ4n) is 2.55. The molecule has 1 saturated heterocycles. The van der Waals surface area contributed by atoms with E-state index >= 15 is 0 Å². The molecule has 0 atom stereocenters. The molecule has 1 N–H and O–H groups in total. The minimum atomic E-state index is -0.401. The van der Waals surface area contributed by atoms with E-state index in [4.69, 9.17) is 0 Å². The molecule has 0 aliphatic carbocycles. The summed E-state index contributed by atoms with van der Waals surface area (Å²) in [6.45, 7) is 6.06. The van der Waals surface area contributed by atoms with E-state index in [2.05, 4.69) is 36.2 Å². The van der Waals surface area contributed by atoms with E-state index in [9.17, 15) is 5.11 Å². The van der Waals surface area contributed by atoms with Crippen molar-refractivity contribution in [3.05, 3.63) is 35.9 Å². The molecular formula is C17H29NO. The normalized spacial score (nSPS) is 18.5. The van der Waals surface area contributed by atoms with Crippen molar-refractivity contribution >= 4 is 0 Å². The molecular weight excluding hydrogens is 234 g/mol. The summed E-state index contributed by atoms with van der Waals surface area (Å²) in [4.78, 5) is 2.30. The first-order chi connectivity index (χ1) is 9.18. The maximum atomic E-state index is 10.4. The van der Waals surface area contributed by atoms with Gasteiger partial charge in [0, 0.05) is 13.1 Å². The maximum Gasteiger partial charge on any atom is 0.0672 e.